The second-order valence-corrected chi connectivity index (χ2v) is 9.41. The Balaban J connectivity index is 1.38. The van der Waals surface area contributed by atoms with Crippen molar-refractivity contribution < 1.29 is 31.8 Å². The van der Waals surface area contributed by atoms with Crippen LogP contribution in [-0.2, 0) is 22.4 Å². The highest BCUT2D eigenvalue weighted by Gasteiger charge is 2.32. The van der Waals surface area contributed by atoms with E-state index in [-0.39, 0.29) is 12.0 Å². The number of aromatic nitrogens is 4. The Labute approximate surface area is 208 Å². The molecule has 0 unspecified atom stereocenters. The molecule has 190 valence electrons. The lowest BCUT2D eigenvalue weighted by Gasteiger charge is -2.20. The van der Waals surface area contributed by atoms with Crippen molar-refractivity contribution in [3.8, 4) is 5.75 Å². The highest BCUT2D eigenvalue weighted by Crippen LogP contribution is 2.33. The third-order valence-corrected chi connectivity index (χ3v) is 6.68. The molecule has 12 heteroatoms. The van der Waals surface area contributed by atoms with Gasteiger partial charge in [0.25, 0.3) is 0 Å². The van der Waals surface area contributed by atoms with Crippen LogP contribution in [0.3, 0.4) is 0 Å². The van der Waals surface area contributed by atoms with Crippen LogP contribution in [0.2, 0.25) is 0 Å². The maximum absolute atomic E-state index is 14.3. The highest BCUT2D eigenvalue weighted by atomic mass is 32.1. The number of ketones is 1. The Morgan fingerprint density at radius 1 is 1.19 bits per heavy atom. The van der Waals surface area contributed by atoms with Gasteiger partial charge >= 0.3 is 6.36 Å². The van der Waals surface area contributed by atoms with Gasteiger partial charge in [-0.25, -0.2) is 4.39 Å². The molecule has 4 rings (SSSR count). The van der Waals surface area contributed by atoms with Crippen molar-refractivity contribution in [1.29, 1.82) is 0 Å². The van der Waals surface area contributed by atoms with Gasteiger partial charge in [0.1, 0.15) is 27.7 Å². The third kappa shape index (κ3) is 6.70. The van der Waals surface area contributed by atoms with Crippen molar-refractivity contribution in [1.82, 2.24) is 20.4 Å². The molecule has 1 aliphatic rings. The van der Waals surface area contributed by atoms with Gasteiger partial charge in [-0.3, -0.25) is 4.79 Å². The maximum Gasteiger partial charge on any atom is 0.573 e. The normalized spacial score (nSPS) is 16.9. The number of carbonyl (C=O) groups excluding carboxylic acids is 1. The summed E-state index contributed by atoms with van der Waals surface area (Å²) in [5.41, 5.74) is 1.71. The Morgan fingerprint density at radius 3 is 2.67 bits per heavy atom. The number of hydrogen-bond acceptors (Lipinski definition) is 8. The van der Waals surface area contributed by atoms with Crippen molar-refractivity contribution in [3.63, 3.8) is 0 Å². The Kier molecular flexibility index (Phi) is 8.04. The lowest BCUT2D eigenvalue weighted by molar-refractivity contribution is -0.274. The van der Waals surface area contributed by atoms with Crippen LogP contribution in [0.4, 0.5) is 17.6 Å². The molecule has 36 heavy (non-hydrogen) atoms. The van der Waals surface area contributed by atoms with Crippen molar-refractivity contribution in [2.24, 2.45) is 5.92 Å². The first-order valence-corrected chi connectivity index (χ1v) is 11.9. The van der Waals surface area contributed by atoms with Crippen LogP contribution in [0.25, 0.3) is 5.57 Å². The van der Waals surface area contributed by atoms with Crippen LogP contribution >= 0.6 is 11.3 Å². The van der Waals surface area contributed by atoms with E-state index in [0.717, 1.165) is 48.2 Å². The predicted octanol–water partition coefficient (Wildman–Crippen LogP) is 5.29. The second kappa shape index (κ2) is 11.2. The van der Waals surface area contributed by atoms with E-state index in [1.54, 1.807) is 6.20 Å². The van der Waals surface area contributed by atoms with Crippen LogP contribution in [0.1, 0.15) is 46.6 Å². The van der Waals surface area contributed by atoms with Crippen LogP contribution in [0.5, 0.6) is 5.75 Å². The van der Waals surface area contributed by atoms with E-state index in [0.29, 0.717) is 17.3 Å². The summed E-state index contributed by atoms with van der Waals surface area (Å²) in [6, 6.07) is 6.23. The zero-order valence-corrected chi connectivity index (χ0v) is 20.0. The van der Waals surface area contributed by atoms with Crippen molar-refractivity contribution in [2.45, 2.75) is 44.6 Å². The summed E-state index contributed by atoms with van der Waals surface area (Å²) in [4.78, 5) is 12.8. The highest BCUT2D eigenvalue weighted by molar-refractivity contribution is 7.11. The van der Waals surface area contributed by atoms with Crippen LogP contribution in [0, 0.1) is 11.7 Å². The van der Waals surface area contributed by atoms with Crippen molar-refractivity contribution in [3.05, 3.63) is 69.7 Å². The number of methoxy groups -OCH3 is 1. The van der Waals surface area contributed by atoms with Gasteiger partial charge in [-0.05, 0) is 61.1 Å². The summed E-state index contributed by atoms with van der Waals surface area (Å²) in [7, 11) is 1.18. The molecular weight excluding hydrogens is 500 g/mol. The third-order valence-electron chi connectivity index (χ3n) is 5.73. The molecule has 2 heterocycles. The second-order valence-electron chi connectivity index (χ2n) is 8.26. The first-order valence-electron chi connectivity index (χ1n) is 11.1. The van der Waals surface area contributed by atoms with E-state index in [2.05, 4.69) is 31.2 Å². The number of allylic oxidation sites excluding steroid dienone is 2. The number of hydrogen-bond donors (Lipinski definition) is 0. The Hall–Kier alpha value is -3.25. The fourth-order valence-electron chi connectivity index (χ4n) is 4.06. The fourth-order valence-corrected chi connectivity index (χ4v) is 5.03. The molecule has 0 saturated carbocycles. The molecule has 2 aromatic heterocycles. The summed E-state index contributed by atoms with van der Waals surface area (Å²) in [6.07, 6.45) is 0.643. The molecule has 0 fully saturated rings. The quantitative estimate of drug-likeness (QED) is 0.353. The summed E-state index contributed by atoms with van der Waals surface area (Å²) in [5.74, 6) is -1.71. The smallest absolute Gasteiger partial charge is 0.406 e. The Morgan fingerprint density at radius 2 is 2.00 bits per heavy atom. The van der Waals surface area contributed by atoms with Gasteiger partial charge in [0.2, 0.25) is 0 Å². The molecule has 0 spiro atoms. The largest absolute Gasteiger partial charge is 0.573 e. The van der Waals surface area contributed by atoms with Gasteiger partial charge in [0.05, 0.1) is 12.1 Å². The van der Waals surface area contributed by atoms with E-state index in [1.807, 2.05) is 12.1 Å². The van der Waals surface area contributed by atoms with E-state index in [4.69, 9.17) is 4.74 Å². The van der Waals surface area contributed by atoms with E-state index < -0.39 is 29.8 Å². The average molecular weight is 523 g/mol. The molecule has 0 bridgehead atoms. The first kappa shape index (κ1) is 25.8. The van der Waals surface area contributed by atoms with Gasteiger partial charge in [-0.1, -0.05) is 6.08 Å². The summed E-state index contributed by atoms with van der Waals surface area (Å²) in [5, 5.41) is 17.5. The van der Waals surface area contributed by atoms with Gasteiger partial charge < -0.3 is 9.47 Å². The van der Waals surface area contributed by atoms with Crippen LogP contribution in [0.15, 0.2) is 42.6 Å². The average Bonchev–Trinajstić information content (AvgIpc) is 3.28. The molecule has 0 saturated heterocycles. The standard InChI is InChI=1S/C24H22F4N4O3S/c1-34-23(17-12-16(8-9-18(17)25)35-24(26,27)28)20(33)13-22-32-31-21(36-22)11-14-4-6-15(7-5-14)19-3-2-10-29-30-19/h2-3,6,8-10,12,14,23H,4-5,7,11,13H2,1H3/t14-,23+/m1/s1. The predicted molar refractivity (Wildman–Crippen MR) is 123 cm³/mol. The molecule has 2 atom stereocenters. The van der Waals surface area contributed by atoms with E-state index >= 15 is 0 Å². The van der Waals surface area contributed by atoms with Gasteiger partial charge in [-0.2, -0.15) is 10.2 Å². The fraction of sp³-hybridized carbons (Fsp3) is 0.375. The van der Waals surface area contributed by atoms with Crippen molar-refractivity contribution in [2.75, 3.05) is 7.11 Å². The molecule has 3 aromatic rings. The number of Topliss-reactive ketones (excluding diaryl/α,β-unsaturated/α-hetero) is 1. The molecule has 0 aliphatic heterocycles. The summed E-state index contributed by atoms with van der Waals surface area (Å²) < 4.78 is 60.9. The molecule has 0 amide bonds. The topological polar surface area (TPSA) is 87.1 Å². The number of nitrogens with zero attached hydrogens (tertiary/aromatic N) is 4. The van der Waals surface area contributed by atoms with Gasteiger partial charge in [0.15, 0.2) is 5.78 Å². The van der Waals surface area contributed by atoms with Gasteiger partial charge in [-0.15, -0.1) is 34.7 Å². The zero-order chi connectivity index (χ0) is 25.7. The minimum atomic E-state index is -4.95. The number of benzene rings is 1. The van der Waals surface area contributed by atoms with E-state index in [9.17, 15) is 22.4 Å². The van der Waals surface area contributed by atoms with Crippen LogP contribution < -0.4 is 4.74 Å². The minimum absolute atomic E-state index is 0.193. The van der Waals surface area contributed by atoms with Crippen molar-refractivity contribution >= 4 is 22.7 Å². The van der Waals surface area contributed by atoms with Crippen LogP contribution in [-0.4, -0.2) is 39.7 Å². The SMILES string of the molecule is CO[C@H](C(=O)Cc1nnc(C[C@@H]2CC=C(c3cccnn3)CC2)s1)c1cc(OC(F)(F)F)ccc1F. The lowest BCUT2D eigenvalue weighted by Crippen LogP contribution is -2.20. The molecule has 7 nitrogen and oxygen atoms in total. The number of carbonyl (C=O) groups is 1. The molecule has 0 radical (unpaired) electrons. The minimum Gasteiger partial charge on any atom is -0.406 e. The van der Waals surface area contributed by atoms with Gasteiger partial charge in [0, 0.05) is 25.3 Å². The van der Waals surface area contributed by atoms with E-state index in [1.165, 1.54) is 24.0 Å². The zero-order valence-electron chi connectivity index (χ0n) is 19.2. The Bertz CT molecular complexity index is 1230. The molecule has 1 aromatic carbocycles. The number of alkyl halides is 3. The number of halogens is 4. The summed E-state index contributed by atoms with van der Waals surface area (Å²) in [6.45, 7) is 0. The molecule has 0 N–H and O–H groups in total. The monoisotopic (exact) mass is 522 g/mol. The molecular formula is C24H22F4N4O3S. The maximum atomic E-state index is 14.3. The molecule has 1 aliphatic carbocycles. The number of ether oxygens (including phenoxy) is 2. The lowest BCUT2D eigenvalue weighted by atomic mass is 9.86. The summed E-state index contributed by atoms with van der Waals surface area (Å²) >= 11 is 1.28. The number of rotatable bonds is 9. The first-order chi connectivity index (χ1) is 17.2.